The van der Waals surface area contributed by atoms with Crippen LogP contribution in [0.2, 0.25) is 0 Å². The topological polar surface area (TPSA) is 41.1 Å². The van der Waals surface area contributed by atoms with Gasteiger partial charge < -0.3 is 10.6 Å². The Labute approximate surface area is 98.4 Å². The molecule has 82 valence electrons. The highest BCUT2D eigenvalue weighted by molar-refractivity contribution is 9.10. The van der Waals surface area contributed by atoms with Gasteiger partial charge in [-0.25, -0.2) is 4.79 Å². The van der Waals surface area contributed by atoms with E-state index in [1.165, 1.54) is 0 Å². The Kier molecular flexibility index (Phi) is 3.74. The predicted octanol–water partition coefficient (Wildman–Crippen LogP) is 2.61. The van der Waals surface area contributed by atoms with Crippen molar-refractivity contribution in [3.8, 4) is 0 Å². The van der Waals surface area contributed by atoms with Gasteiger partial charge in [0.2, 0.25) is 0 Å². The van der Waals surface area contributed by atoms with Gasteiger partial charge in [0.05, 0.1) is 5.54 Å². The molecule has 3 nitrogen and oxygen atoms in total. The lowest BCUT2D eigenvalue weighted by molar-refractivity contribution is 0.232. The zero-order chi connectivity index (χ0) is 11.5. The molecule has 4 heteroatoms. The fraction of sp³-hybridized carbons (Fsp3) is 0.364. The first-order valence-electron chi connectivity index (χ1n) is 4.71. The number of hydrogen-bond donors (Lipinski definition) is 2. The highest BCUT2D eigenvalue weighted by Gasteiger charge is 2.21. The summed E-state index contributed by atoms with van der Waals surface area (Å²) in [4.78, 5) is 11.2. The molecule has 0 aliphatic carbocycles. The van der Waals surface area contributed by atoms with Gasteiger partial charge in [0, 0.05) is 11.5 Å². The molecule has 1 aromatic carbocycles. The van der Waals surface area contributed by atoms with Gasteiger partial charge in [0.25, 0.3) is 0 Å². The number of carbonyl (C=O) groups is 1. The van der Waals surface area contributed by atoms with E-state index in [-0.39, 0.29) is 11.6 Å². The van der Waals surface area contributed by atoms with Crippen LogP contribution in [0.5, 0.6) is 0 Å². The van der Waals surface area contributed by atoms with Crippen molar-refractivity contribution in [2.75, 3.05) is 7.05 Å². The van der Waals surface area contributed by atoms with Crippen LogP contribution >= 0.6 is 15.9 Å². The number of benzene rings is 1. The summed E-state index contributed by atoms with van der Waals surface area (Å²) in [7, 11) is 1.60. The van der Waals surface area contributed by atoms with E-state index in [1.807, 2.05) is 38.1 Å². The molecule has 0 saturated heterocycles. The molecule has 0 heterocycles. The molecule has 0 bridgehead atoms. The Bertz CT molecular complexity index is 346. The smallest absolute Gasteiger partial charge is 0.315 e. The van der Waals surface area contributed by atoms with Gasteiger partial charge in [0.15, 0.2) is 0 Å². The number of halogens is 1. The molecule has 0 radical (unpaired) electrons. The lowest BCUT2D eigenvalue weighted by atomic mass is 9.95. The average Bonchev–Trinajstić information content (AvgIpc) is 2.17. The zero-order valence-corrected chi connectivity index (χ0v) is 10.7. The van der Waals surface area contributed by atoms with Crippen LogP contribution < -0.4 is 10.6 Å². The second kappa shape index (κ2) is 4.66. The lowest BCUT2D eigenvalue weighted by Gasteiger charge is -2.26. The molecule has 0 unspecified atom stereocenters. The quantitative estimate of drug-likeness (QED) is 0.853. The molecule has 0 fully saturated rings. The molecule has 2 amide bonds. The van der Waals surface area contributed by atoms with Gasteiger partial charge in [-0.05, 0) is 31.5 Å². The first kappa shape index (κ1) is 12.0. The van der Waals surface area contributed by atoms with Crippen molar-refractivity contribution in [3.05, 3.63) is 34.3 Å². The summed E-state index contributed by atoms with van der Waals surface area (Å²) in [5.74, 6) is 0. The van der Waals surface area contributed by atoms with Crippen LogP contribution in [0.25, 0.3) is 0 Å². The monoisotopic (exact) mass is 270 g/mol. The third-order valence-corrected chi connectivity index (χ3v) is 2.75. The summed E-state index contributed by atoms with van der Waals surface area (Å²) in [6.07, 6.45) is 0. The van der Waals surface area contributed by atoms with Crippen LogP contribution in [0, 0.1) is 0 Å². The van der Waals surface area contributed by atoms with Crippen molar-refractivity contribution in [2.24, 2.45) is 0 Å². The van der Waals surface area contributed by atoms with Gasteiger partial charge in [-0.15, -0.1) is 0 Å². The van der Waals surface area contributed by atoms with Crippen LogP contribution in [-0.2, 0) is 5.54 Å². The van der Waals surface area contributed by atoms with E-state index in [2.05, 4.69) is 26.6 Å². The molecule has 0 atom stereocenters. The van der Waals surface area contributed by atoms with Crippen LogP contribution in [0.4, 0.5) is 4.79 Å². The number of hydrogen-bond acceptors (Lipinski definition) is 1. The minimum absolute atomic E-state index is 0.178. The maximum atomic E-state index is 11.2. The van der Waals surface area contributed by atoms with E-state index in [0.29, 0.717) is 0 Å². The molecule has 0 aromatic heterocycles. The van der Waals surface area contributed by atoms with Crippen molar-refractivity contribution in [1.29, 1.82) is 0 Å². The Morgan fingerprint density at radius 2 is 1.80 bits per heavy atom. The van der Waals surface area contributed by atoms with Crippen molar-refractivity contribution >= 4 is 22.0 Å². The highest BCUT2D eigenvalue weighted by atomic mass is 79.9. The minimum atomic E-state index is -0.374. The van der Waals surface area contributed by atoms with Crippen LogP contribution in [0.1, 0.15) is 19.4 Å². The Morgan fingerprint density at radius 3 is 2.27 bits per heavy atom. The lowest BCUT2D eigenvalue weighted by Crippen LogP contribution is -2.45. The Morgan fingerprint density at radius 1 is 1.27 bits per heavy atom. The molecule has 0 aliphatic heterocycles. The first-order valence-corrected chi connectivity index (χ1v) is 5.51. The summed E-state index contributed by atoms with van der Waals surface area (Å²) in [5.41, 5.74) is 0.690. The van der Waals surface area contributed by atoms with E-state index < -0.39 is 0 Å². The largest absolute Gasteiger partial charge is 0.341 e. The number of amides is 2. The zero-order valence-electron chi connectivity index (χ0n) is 9.10. The van der Waals surface area contributed by atoms with Crippen LogP contribution in [0.3, 0.4) is 0 Å². The van der Waals surface area contributed by atoms with Gasteiger partial charge >= 0.3 is 6.03 Å². The third kappa shape index (κ3) is 3.23. The highest BCUT2D eigenvalue weighted by Crippen LogP contribution is 2.21. The number of carbonyl (C=O) groups excluding carboxylic acids is 1. The third-order valence-electron chi connectivity index (χ3n) is 2.22. The maximum Gasteiger partial charge on any atom is 0.315 e. The Balaban J connectivity index is 2.85. The number of urea groups is 1. The minimum Gasteiger partial charge on any atom is -0.341 e. The van der Waals surface area contributed by atoms with Crippen molar-refractivity contribution in [2.45, 2.75) is 19.4 Å². The molecule has 2 N–H and O–H groups in total. The SMILES string of the molecule is CNC(=O)NC(C)(C)c1ccc(Br)cc1. The van der Waals surface area contributed by atoms with Crippen LogP contribution in [-0.4, -0.2) is 13.1 Å². The first-order chi connectivity index (χ1) is 6.95. The van der Waals surface area contributed by atoms with Gasteiger partial charge in [-0.3, -0.25) is 0 Å². The van der Waals surface area contributed by atoms with E-state index in [0.717, 1.165) is 10.0 Å². The van der Waals surface area contributed by atoms with E-state index >= 15 is 0 Å². The average molecular weight is 271 g/mol. The second-order valence-corrected chi connectivity index (χ2v) is 4.75. The molecule has 0 spiro atoms. The van der Waals surface area contributed by atoms with Crippen molar-refractivity contribution in [1.82, 2.24) is 10.6 Å². The van der Waals surface area contributed by atoms with E-state index in [1.54, 1.807) is 7.05 Å². The summed E-state index contributed by atoms with van der Waals surface area (Å²) in [6.45, 7) is 3.93. The van der Waals surface area contributed by atoms with Crippen molar-refractivity contribution < 1.29 is 4.79 Å². The van der Waals surface area contributed by atoms with E-state index in [9.17, 15) is 4.79 Å². The van der Waals surface area contributed by atoms with Crippen LogP contribution in [0.15, 0.2) is 28.7 Å². The summed E-state index contributed by atoms with van der Waals surface area (Å²) in [5, 5.41) is 5.42. The number of rotatable bonds is 2. The molecule has 1 aromatic rings. The summed E-state index contributed by atoms with van der Waals surface area (Å²) >= 11 is 3.38. The van der Waals surface area contributed by atoms with Crippen molar-refractivity contribution in [3.63, 3.8) is 0 Å². The number of nitrogens with one attached hydrogen (secondary N) is 2. The standard InChI is InChI=1S/C11H15BrN2O/c1-11(2,14-10(15)13-3)8-4-6-9(12)7-5-8/h4-7H,1-3H3,(H2,13,14,15). The fourth-order valence-electron chi connectivity index (χ4n) is 1.29. The fourth-order valence-corrected chi connectivity index (χ4v) is 1.55. The van der Waals surface area contributed by atoms with Gasteiger partial charge in [0.1, 0.15) is 0 Å². The normalized spacial score (nSPS) is 10.9. The summed E-state index contributed by atoms with van der Waals surface area (Å²) < 4.78 is 1.03. The molecular formula is C11H15BrN2O. The predicted molar refractivity (Wildman–Crippen MR) is 64.8 cm³/mol. The maximum absolute atomic E-state index is 11.2. The summed E-state index contributed by atoms with van der Waals surface area (Å²) in [6, 6.07) is 7.72. The van der Waals surface area contributed by atoms with Gasteiger partial charge in [-0.1, -0.05) is 28.1 Å². The molecular weight excluding hydrogens is 256 g/mol. The van der Waals surface area contributed by atoms with E-state index in [4.69, 9.17) is 0 Å². The molecule has 1 rings (SSSR count). The second-order valence-electron chi connectivity index (χ2n) is 3.84. The molecule has 0 aliphatic rings. The van der Waals surface area contributed by atoms with Gasteiger partial charge in [-0.2, -0.15) is 0 Å². The Hall–Kier alpha value is -1.03. The molecule has 15 heavy (non-hydrogen) atoms. The molecule has 0 saturated carbocycles.